The molecule has 0 unspecified atom stereocenters. The monoisotopic (exact) mass is 670 g/mol. The van der Waals surface area contributed by atoms with Crippen molar-refractivity contribution in [1.29, 1.82) is 0 Å². The molecule has 0 atom stereocenters. The Bertz CT molecular complexity index is 2720. The van der Waals surface area contributed by atoms with Gasteiger partial charge in [0.2, 0.25) is 0 Å². The zero-order valence-electron chi connectivity index (χ0n) is 28.0. The van der Waals surface area contributed by atoms with Gasteiger partial charge in [0.05, 0.1) is 15.9 Å². The number of fused-ring (bicyclic) bond motifs is 6. The first-order valence-electron chi connectivity index (χ1n) is 17.7. The highest BCUT2D eigenvalue weighted by Crippen LogP contribution is 2.45. The molecule has 1 aliphatic carbocycles. The van der Waals surface area contributed by atoms with E-state index in [0.717, 1.165) is 24.2 Å². The molecule has 0 radical (unpaired) electrons. The number of aromatic nitrogens is 1. The van der Waals surface area contributed by atoms with Crippen LogP contribution in [-0.2, 0) is 6.42 Å². The van der Waals surface area contributed by atoms with Gasteiger partial charge in [0, 0.05) is 49.2 Å². The molecule has 0 saturated carbocycles. The molecule has 242 valence electrons. The zero-order valence-corrected chi connectivity index (χ0v) is 28.9. The lowest BCUT2D eigenvalue weighted by Gasteiger charge is -2.26. The third kappa shape index (κ3) is 5.09. The van der Waals surface area contributed by atoms with Crippen LogP contribution in [-0.4, -0.2) is 4.57 Å². The van der Waals surface area contributed by atoms with Gasteiger partial charge < -0.3 is 9.47 Å². The standard InChI is InChI=1S/C48H34N2S/c1-3-12-33(13-4-1)34-22-29-39(30-23-34)50-44-19-9-7-16-40(44)43-32-36(26-31-45(43)50)35-24-27-38(28-25-35)49(37-14-5-2-6-15-37)46-20-11-18-42-41-17-8-10-21-47(41)51-48(42)46/h1-8,10-18,20-32H,9,19H2. The molecular weight excluding hydrogens is 637 g/mol. The third-order valence-corrected chi connectivity index (χ3v) is 11.5. The lowest BCUT2D eigenvalue weighted by molar-refractivity contribution is 0.888. The van der Waals surface area contributed by atoms with Gasteiger partial charge in [-0.3, -0.25) is 0 Å². The fourth-order valence-corrected chi connectivity index (χ4v) is 9.05. The molecule has 2 heterocycles. The second-order valence-electron chi connectivity index (χ2n) is 13.3. The minimum atomic E-state index is 1.03. The van der Waals surface area contributed by atoms with Crippen LogP contribution < -0.4 is 4.90 Å². The summed E-state index contributed by atoms with van der Waals surface area (Å²) in [6, 6.07) is 61.9. The smallest absolute Gasteiger partial charge is 0.0640 e. The van der Waals surface area contributed by atoms with Gasteiger partial charge in [0.1, 0.15) is 0 Å². The van der Waals surface area contributed by atoms with Gasteiger partial charge in [0.25, 0.3) is 0 Å². The molecule has 51 heavy (non-hydrogen) atoms. The van der Waals surface area contributed by atoms with E-state index in [9.17, 15) is 0 Å². The molecule has 10 rings (SSSR count). The van der Waals surface area contributed by atoms with Crippen molar-refractivity contribution in [2.24, 2.45) is 0 Å². The molecule has 0 bridgehead atoms. The van der Waals surface area contributed by atoms with Crippen molar-refractivity contribution in [2.75, 3.05) is 4.90 Å². The summed E-state index contributed by atoms with van der Waals surface area (Å²) in [7, 11) is 0. The Balaban J connectivity index is 1.05. The summed E-state index contributed by atoms with van der Waals surface area (Å²) in [5.74, 6) is 0. The lowest BCUT2D eigenvalue weighted by Crippen LogP contribution is -2.09. The molecule has 0 aliphatic heterocycles. The predicted molar refractivity (Wildman–Crippen MR) is 219 cm³/mol. The Labute approximate surface area is 301 Å². The van der Waals surface area contributed by atoms with Gasteiger partial charge in [-0.1, -0.05) is 121 Å². The van der Waals surface area contributed by atoms with Crippen molar-refractivity contribution in [3.05, 3.63) is 187 Å². The maximum Gasteiger partial charge on any atom is 0.0640 e. The van der Waals surface area contributed by atoms with Crippen LogP contribution in [0.25, 0.3) is 65.1 Å². The fourth-order valence-electron chi connectivity index (χ4n) is 7.85. The first-order valence-corrected chi connectivity index (χ1v) is 18.5. The van der Waals surface area contributed by atoms with E-state index < -0.39 is 0 Å². The van der Waals surface area contributed by atoms with Crippen LogP contribution in [0.5, 0.6) is 0 Å². The molecular formula is C48H34N2S. The van der Waals surface area contributed by atoms with Gasteiger partial charge in [-0.15, -0.1) is 11.3 Å². The molecule has 0 fully saturated rings. The molecule has 0 saturated heterocycles. The number of anilines is 3. The second kappa shape index (κ2) is 12.3. The first kappa shape index (κ1) is 29.7. The fraction of sp³-hybridized carbons (Fsp3) is 0.0417. The van der Waals surface area contributed by atoms with Crippen molar-refractivity contribution in [3.8, 4) is 27.9 Å². The van der Waals surface area contributed by atoms with Crippen LogP contribution in [0.15, 0.2) is 176 Å². The summed E-state index contributed by atoms with van der Waals surface area (Å²) >= 11 is 1.87. The van der Waals surface area contributed by atoms with E-state index in [1.54, 1.807) is 0 Å². The van der Waals surface area contributed by atoms with Crippen LogP contribution in [0.4, 0.5) is 17.1 Å². The summed E-state index contributed by atoms with van der Waals surface area (Å²) in [6.45, 7) is 0. The van der Waals surface area contributed by atoms with Gasteiger partial charge in [-0.2, -0.15) is 0 Å². The van der Waals surface area contributed by atoms with Crippen LogP contribution in [0, 0.1) is 0 Å². The third-order valence-electron chi connectivity index (χ3n) is 10.3. The first-order chi connectivity index (χ1) is 25.3. The molecule has 1 aliphatic rings. The number of benzene rings is 7. The molecule has 0 spiro atoms. The highest BCUT2D eigenvalue weighted by Gasteiger charge is 2.21. The Morgan fingerprint density at radius 1 is 0.510 bits per heavy atom. The van der Waals surface area contributed by atoms with Gasteiger partial charge in [-0.05, 0) is 95.8 Å². The molecule has 9 aromatic rings. The summed E-state index contributed by atoms with van der Waals surface area (Å²) in [5, 5.41) is 3.92. The zero-order chi connectivity index (χ0) is 33.7. The number of allylic oxidation sites excluding steroid dienone is 1. The largest absolute Gasteiger partial charge is 0.313 e. The van der Waals surface area contributed by atoms with E-state index in [2.05, 4.69) is 191 Å². The molecule has 0 amide bonds. The number of hydrogen-bond acceptors (Lipinski definition) is 2. The van der Waals surface area contributed by atoms with Crippen molar-refractivity contribution in [2.45, 2.75) is 12.8 Å². The predicted octanol–water partition coefficient (Wildman–Crippen LogP) is 13.8. The quantitative estimate of drug-likeness (QED) is 0.171. The van der Waals surface area contributed by atoms with Gasteiger partial charge >= 0.3 is 0 Å². The average Bonchev–Trinajstić information content (AvgIpc) is 3.75. The minimum absolute atomic E-state index is 1.03. The van der Waals surface area contributed by atoms with Crippen LogP contribution in [0.1, 0.15) is 17.7 Å². The summed E-state index contributed by atoms with van der Waals surface area (Å²) in [6.07, 6.45) is 6.75. The summed E-state index contributed by atoms with van der Waals surface area (Å²) in [4.78, 5) is 2.40. The maximum atomic E-state index is 2.47. The number of rotatable bonds is 6. The van der Waals surface area contributed by atoms with E-state index in [-0.39, 0.29) is 0 Å². The molecule has 7 aromatic carbocycles. The molecule has 0 N–H and O–H groups in total. The highest BCUT2D eigenvalue weighted by atomic mass is 32.1. The van der Waals surface area contributed by atoms with E-state index in [1.807, 2.05) is 11.3 Å². The number of para-hydroxylation sites is 1. The van der Waals surface area contributed by atoms with Crippen molar-refractivity contribution in [1.82, 2.24) is 4.57 Å². The number of thiophene rings is 1. The SMILES string of the molecule is C1=Cc2c(n(-c3ccc(-c4ccccc4)cc3)c3ccc(-c4ccc(N(c5ccccc5)c5cccc6c5sc5ccccc56)cc4)cc23)CC1. The Morgan fingerprint density at radius 2 is 1.16 bits per heavy atom. The van der Waals surface area contributed by atoms with Gasteiger partial charge in [-0.25, -0.2) is 0 Å². The lowest BCUT2D eigenvalue weighted by atomic mass is 9.98. The Kier molecular flexibility index (Phi) is 7.18. The van der Waals surface area contributed by atoms with Crippen molar-refractivity contribution in [3.63, 3.8) is 0 Å². The molecule has 2 nitrogen and oxygen atoms in total. The second-order valence-corrected chi connectivity index (χ2v) is 14.3. The Hall–Kier alpha value is -6.16. The van der Waals surface area contributed by atoms with Crippen molar-refractivity contribution < 1.29 is 0 Å². The summed E-state index contributed by atoms with van der Waals surface area (Å²) in [5.41, 5.74) is 13.6. The van der Waals surface area contributed by atoms with Crippen molar-refractivity contribution >= 4 is 65.6 Å². The van der Waals surface area contributed by atoms with E-state index in [0.29, 0.717) is 0 Å². The maximum absolute atomic E-state index is 2.47. The van der Waals surface area contributed by atoms with E-state index in [4.69, 9.17) is 0 Å². The van der Waals surface area contributed by atoms with E-state index >= 15 is 0 Å². The number of hydrogen-bond donors (Lipinski definition) is 0. The van der Waals surface area contributed by atoms with Gasteiger partial charge in [0.15, 0.2) is 0 Å². The van der Waals surface area contributed by atoms with Crippen LogP contribution in [0.2, 0.25) is 0 Å². The van der Waals surface area contributed by atoms with Crippen LogP contribution in [0.3, 0.4) is 0 Å². The van der Waals surface area contributed by atoms with Crippen LogP contribution >= 0.6 is 11.3 Å². The normalized spacial score (nSPS) is 12.5. The van der Waals surface area contributed by atoms with E-state index in [1.165, 1.54) is 76.0 Å². The molecule has 2 aromatic heterocycles. The highest BCUT2D eigenvalue weighted by molar-refractivity contribution is 7.26. The average molecular weight is 671 g/mol. The summed E-state index contributed by atoms with van der Waals surface area (Å²) < 4.78 is 5.09. The number of nitrogens with zero attached hydrogens (tertiary/aromatic N) is 2. The minimum Gasteiger partial charge on any atom is -0.313 e. The molecule has 3 heteroatoms. The Morgan fingerprint density at radius 3 is 1.98 bits per heavy atom. The topological polar surface area (TPSA) is 8.17 Å².